The highest BCUT2D eigenvalue weighted by Gasteiger charge is 2.21. The van der Waals surface area contributed by atoms with E-state index in [0.717, 1.165) is 16.1 Å². The maximum absolute atomic E-state index is 5.41. The van der Waals surface area contributed by atoms with Crippen LogP contribution in [0.25, 0.3) is 107 Å². The standard InChI is InChI=1S/C49H29NS2/c1-2-12-30(13-3-1)31-22-24-32(25-23-31)43-35-14-4-6-16-37(35)44(38-17-7-5-15-36(38)43)33-26-28-34(29-27-33)47-48-45(39-18-8-10-20-41(39)51-48)46-40-19-9-11-21-42(40)52-49(46)50-47/h1-29H. The summed E-state index contributed by atoms with van der Waals surface area (Å²) in [6.07, 6.45) is 0. The third kappa shape index (κ3) is 4.50. The number of hydrogen-bond donors (Lipinski definition) is 0. The van der Waals surface area contributed by atoms with Gasteiger partial charge in [-0.25, -0.2) is 4.98 Å². The zero-order valence-electron chi connectivity index (χ0n) is 28.0. The molecule has 0 amide bonds. The number of hydrogen-bond acceptors (Lipinski definition) is 3. The van der Waals surface area contributed by atoms with Crippen molar-refractivity contribution in [3.8, 4) is 44.6 Å². The number of pyridine rings is 1. The molecule has 11 aromatic rings. The second-order valence-corrected chi connectivity index (χ2v) is 15.5. The van der Waals surface area contributed by atoms with Crippen molar-refractivity contribution in [3.05, 3.63) is 176 Å². The molecule has 0 fully saturated rings. The topological polar surface area (TPSA) is 12.9 Å². The van der Waals surface area contributed by atoms with Gasteiger partial charge in [-0.1, -0.05) is 164 Å². The summed E-state index contributed by atoms with van der Waals surface area (Å²) in [6, 6.07) is 64.1. The highest BCUT2D eigenvalue weighted by atomic mass is 32.1. The number of rotatable bonds is 4. The van der Waals surface area contributed by atoms with Gasteiger partial charge in [0.25, 0.3) is 0 Å². The Bertz CT molecular complexity index is 3090. The largest absolute Gasteiger partial charge is 0.235 e. The number of nitrogens with zero attached hydrogens (tertiary/aromatic N) is 1. The molecule has 0 atom stereocenters. The van der Waals surface area contributed by atoms with E-state index < -0.39 is 0 Å². The van der Waals surface area contributed by atoms with E-state index in [2.05, 4.69) is 176 Å². The lowest BCUT2D eigenvalue weighted by molar-refractivity contribution is 1.47. The van der Waals surface area contributed by atoms with Crippen LogP contribution in [0, 0.1) is 0 Å². The molecular weight excluding hydrogens is 667 g/mol. The first-order valence-electron chi connectivity index (χ1n) is 17.6. The van der Waals surface area contributed by atoms with E-state index in [1.807, 2.05) is 11.3 Å². The lowest BCUT2D eigenvalue weighted by Gasteiger charge is -2.18. The van der Waals surface area contributed by atoms with E-state index in [9.17, 15) is 0 Å². The molecule has 1 nitrogen and oxygen atoms in total. The molecular formula is C49H29NS2. The first-order chi connectivity index (χ1) is 25.8. The monoisotopic (exact) mass is 695 g/mol. The fourth-order valence-electron chi connectivity index (χ4n) is 8.17. The van der Waals surface area contributed by atoms with E-state index in [1.54, 1.807) is 11.3 Å². The molecule has 8 aromatic carbocycles. The molecule has 0 unspecified atom stereocenters. The highest BCUT2D eigenvalue weighted by molar-refractivity contribution is 7.28. The van der Waals surface area contributed by atoms with Gasteiger partial charge in [-0.05, 0) is 67.1 Å². The third-order valence-corrected chi connectivity index (χ3v) is 12.8. The molecule has 52 heavy (non-hydrogen) atoms. The van der Waals surface area contributed by atoms with E-state index in [-0.39, 0.29) is 0 Å². The molecule has 3 heteroatoms. The van der Waals surface area contributed by atoms with Gasteiger partial charge in [0.2, 0.25) is 0 Å². The lowest BCUT2D eigenvalue weighted by atomic mass is 9.85. The Balaban J connectivity index is 1.09. The molecule has 0 aliphatic heterocycles. The van der Waals surface area contributed by atoms with Crippen LogP contribution in [0.2, 0.25) is 0 Å². The van der Waals surface area contributed by atoms with Crippen molar-refractivity contribution < 1.29 is 0 Å². The maximum Gasteiger partial charge on any atom is 0.125 e. The molecule has 0 saturated carbocycles. The SMILES string of the molecule is c1ccc(-c2ccc(-c3c4ccccc4c(-c4ccc(-c5nc6sc7ccccc7c6c6c5sc5ccccc56)cc4)c4ccccc34)cc2)cc1. The van der Waals surface area contributed by atoms with E-state index in [0.29, 0.717) is 0 Å². The van der Waals surface area contributed by atoms with Gasteiger partial charge >= 0.3 is 0 Å². The minimum atomic E-state index is 1.06. The maximum atomic E-state index is 5.41. The average molecular weight is 696 g/mol. The molecule has 242 valence electrons. The van der Waals surface area contributed by atoms with Crippen LogP contribution in [0.5, 0.6) is 0 Å². The average Bonchev–Trinajstić information content (AvgIpc) is 3.78. The van der Waals surface area contributed by atoms with Gasteiger partial charge in [0, 0.05) is 36.5 Å². The molecule has 0 spiro atoms. The highest BCUT2D eigenvalue weighted by Crippen LogP contribution is 2.48. The van der Waals surface area contributed by atoms with Gasteiger partial charge in [0.05, 0.1) is 10.4 Å². The number of fused-ring (bicyclic) bond motifs is 9. The van der Waals surface area contributed by atoms with Crippen LogP contribution < -0.4 is 0 Å². The fraction of sp³-hybridized carbons (Fsp3) is 0. The smallest absolute Gasteiger partial charge is 0.125 e. The number of aromatic nitrogens is 1. The lowest BCUT2D eigenvalue weighted by Crippen LogP contribution is -1.91. The summed E-state index contributed by atoms with van der Waals surface area (Å²) in [6.45, 7) is 0. The second-order valence-electron chi connectivity index (χ2n) is 13.4. The number of benzene rings is 8. The number of thiophene rings is 2. The van der Waals surface area contributed by atoms with Crippen LogP contribution in [0.4, 0.5) is 0 Å². The van der Waals surface area contributed by atoms with Gasteiger partial charge in [-0.15, -0.1) is 22.7 Å². The summed E-state index contributed by atoms with van der Waals surface area (Å²) >= 11 is 3.65. The van der Waals surface area contributed by atoms with Crippen LogP contribution in [0.3, 0.4) is 0 Å². The minimum Gasteiger partial charge on any atom is -0.235 e. The summed E-state index contributed by atoms with van der Waals surface area (Å²) in [4.78, 5) is 6.51. The van der Waals surface area contributed by atoms with Crippen LogP contribution in [-0.2, 0) is 0 Å². The molecule has 0 bridgehead atoms. The van der Waals surface area contributed by atoms with Gasteiger partial charge in [0.1, 0.15) is 4.83 Å². The fourth-order valence-corrected chi connectivity index (χ4v) is 10.5. The molecule has 3 heterocycles. The Morgan fingerprint density at radius 2 is 0.712 bits per heavy atom. The summed E-state index contributed by atoms with van der Waals surface area (Å²) < 4.78 is 3.83. The normalized spacial score (nSPS) is 11.8. The third-order valence-electron chi connectivity index (χ3n) is 10.5. The summed E-state index contributed by atoms with van der Waals surface area (Å²) in [7, 11) is 0. The first kappa shape index (κ1) is 29.6. The van der Waals surface area contributed by atoms with Crippen molar-refractivity contribution in [2.75, 3.05) is 0 Å². The van der Waals surface area contributed by atoms with Gasteiger partial charge in [0.15, 0.2) is 0 Å². The molecule has 0 aliphatic carbocycles. The van der Waals surface area contributed by atoms with Crippen LogP contribution in [0.1, 0.15) is 0 Å². The first-order valence-corrected chi connectivity index (χ1v) is 19.3. The van der Waals surface area contributed by atoms with E-state index in [1.165, 1.54) is 90.6 Å². The van der Waals surface area contributed by atoms with Crippen molar-refractivity contribution >= 4 is 84.7 Å². The molecule has 0 saturated heterocycles. The summed E-state index contributed by atoms with van der Waals surface area (Å²) in [5, 5.41) is 10.2. The Morgan fingerprint density at radius 1 is 0.308 bits per heavy atom. The Hall–Kier alpha value is -6.13. The van der Waals surface area contributed by atoms with E-state index >= 15 is 0 Å². The van der Waals surface area contributed by atoms with Crippen molar-refractivity contribution in [2.45, 2.75) is 0 Å². The van der Waals surface area contributed by atoms with Crippen LogP contribution in [-0.4, -0.2) is 4.98 Å². The second kappa shape index (κ2) is 11.7. The van der Waals surface area contributed by atoms with E-state index in [4.69, 9.17) is 4.98 Å². The Morgan fingerprint density at radius 3 is 1.27 bits per heavy atom. The van der Waals surface area contributed by atoms with Gasteiger partial charge in [-0.3, -0.25) is 0 Å². The molecule has 11 rings (SSSR count). The summed E-state index contributed by atoms with van der Waals surface area (Å²) in [5.41, 5.74) is 9.63. The van der Waals surface area contributed by atoms with Crippen molar-refractivity contribution in [3.63, 3.8) is 0 Å². The van der Waals surface area contributed by atoms with Crippen molar-refractivity contribution in [1.29, 1.82) is 0 Å². The van der Waals surface area contributed by atoms with Crippen LogP contribution >= 0.6 is 22.7 Å². The quantitative estimate of drug-likeness (QED) is 0.167. The predicted molar refractivity (Wildman–Crippen MR) is 227 cm³/mol. The van der Waals surface area contributed by atoms with Crippen molar-refractivity contribution in [2.24, 2.45) is 0 Å². The zero-order valence-corrected chi connectivity index (χ0v) is 29.6. The summed E-state index contributed by atoms with van der Waals surface area (Å²) in [5.74, 6) is 0. The van der Waals surface area contributed by atoms with Gasteiger partial charge in [-0.2, -0.15) is 0 Å². The van der Waals surface area contributed by atoms with Crippen LogP contribution in [0.15, 0.2) is 176 Å². The molecule has 0 aliphatic rings. The molecule has 0 N–H and O–H groups in total. The predicted octanol–water partition coefficient (Wildman–Crippen LogP) is 14.8. The Labute approximate surface area is 308 Å². The Kier molecular flexibility index (Phi) is 6.66. The van der Waals surface area contributed by atoms with Crippen molar-refractivity contribution in [1.82, 2.24) is 4.98 Å². The molecule has 0 radical (unpaired) electrons. The minimum absolute atomic E-state index is 1.06. The molecule has 3 aromatic heterocycles. The van der Waals surface area contributed by atoms with Gasteiger partial charge < -0.3 is 0 Å². The zero-order chi connectivity index (χ0) is 34.2.